The van der Waals surface area contributed by atoms with E-state index in [1.807, 2.05) is 6.20 Å². The Kier molecular flexibility index (Phi) is 6.69. The van der Waals surface area contributed by atoms with Gasteiger partial charge in [-0.1, -0.05) is 42.4 Å². The largest absolute Gasteiger partial charge is 0.492 e. The normalized spacial score (nSPS) is 23.0. The van der Waals surface area contributed by atoms with Gasteiger partial charge in [0.05, 0.1) is 18.0 Å². The molecule has 1 saturated heterocycles. The molecule has 190 valence electrons. The first kappa shape index (κ1) is 23.5. The van der Waals surface area contributed by atoms with Gasteiger partial charge in [0.15, 0.2) is 6.10 Å². The van der Waals surface area contributed by atoms with E-state index >= 15 is 0 Å². The number of aliphatic hydroxyl groups is 1. The van der Waals surface area contributed by atoms with E-state index in [-0.39, 0.29) is 18.6 Å². The molecule has 3 aromatic rings. The van der Waals surface area contributed by atoms with E-state index in [0.717, 1.165) is 73.6 Å². The maximum absolute atomic E-state index is 9.34. The fraction of sp³-hybridized carbons (Fsp3) is 0.483. The van der Waals surface area contributed by atoms with Gasteiger partial charge >= 0.3 is 0 Å². The second kappa shape index (κ2) is 10.2. The number of hydrogen-bond donors (Lipinski definition) is 1. The SMILES string of the molecule is CC(Cc1ccccc1)CN1CCN(CC2ON=C3c4cc5ccn(CCO)c5cc4OCC32)CC1. The highest BCUT2D eigenvalue weighted by atomic mass is 16.6. The zero-order chi connectivity index (χ0) is 24.5. The lowest BCUT2D eigenvalue weighted by Crippen LogP contribution is -2.51. The van der Waals surface area contributed by atoms with Gasteiger partial charge in [0.25, 0.3) is 0 Å². The fourth-order valence-electron chi connectivity index (χ4n) is 5.99. The number of aliphatic hydroxyl groups excluding tert-OH is 1. The minimum atomic E-state index is 0.0337. The van der Waals surface area contributed by atoms with Crippen LogP contribution in [0.15, 0.2) is 59.9 Å². The zero-order valence-corrected chi connectivity index (χ0v) is 21.1. The van der Waals surface area contributed by atoms with Crippen LogP contribution in [0.25, 0.3) is 10.9 Å². The average Bonchev–Trinajstić information content (AvgIpc) is 3.48. The number of rotatable bonds is 8. The lowest BCUT2D eigenvalue weighted by Gasteiger charge is -2.37. The molecule has 0 amide bonds. The molecule has 0 radical (unpaired) electrons. The topological polar surface area (TPSA) is 62.5 Å². The molecule has 3 aliphatic heterocycles. The highest BCUT2D eigenvalue weighted by molar-refractivity contribution is 6.08. The van der Waals surface area contributed by atoms with Crippen LogP contribution in [0.4, 0.5) is 0 Å². The van der Waals surface area contributed by atoms with Crippen molar-refractivity contribution < 1.29 is 14.7 Å². The average molecular weight is 489 g/mol. The van der Waals surface area contributed by atoms with Crippen LogP contribution in [-0.2, 0) is 17.8 Å². The van der Waals surface area contributed by atoms with E-state index in [2.05, 4.69) is 75.0 Å². The Hall–Kier alpha value is -2.87. The minimum absolute atomic E-state index is 0.0337. The minimum Gasteiger partial charge on any atom is -0.492 e. The van der Waals surface area contributed by atoms with Crippen LogP contribution in [0.5, 0.6) is 5.75 Å². The van der Waals surface area contributed by atoms with Gasteiger partial charge in [-0.3, -0.25) is 4.90 Å². The third-order valence-electron chi connectivity index (χ3n) is 7.89. The third kappa shape index (κ3) is 4.75. The molecule has 2 aromatic carbocycles. The van der Waals surface area contributed by atoms with Crippen molar-refractivity contribution in [3.63, 3.8) is 0 Å². The smallest absolute Gasteiger partial charge is 0.151 e. The lowest BCUT2D eigenvalue weighted by molar-refractivity contribution is 0.00811. The van der Waals surface area contributed by atoms with E-state index in [0.29, 0.717) is 19.1 Å². The quantitative estimate of drug-likeness (QED) is 0.528. The van der Waals surface area contributed by atoms with Crippen LogP contribution in [0.3, 0.4) is 0 Å². The van der Waals surface area contributed by atoms with E-state index in [1.165, 1.54) is 5.56 Å². The molecular formula is C29H36N4O3. The number of piperazine rings is 1. The maximum atomic E-state index is 9.34. The summed E-state index contributed by atoms with van der Waals surface area (Å²) < 4.78 is 8.27. The van der Waals surface area contributed by atoms with Crippen LogP contribution in [0.1, 0.15) is 18.1 Å². The molecular weight excluding hydrogens is 452 g/mol. The Balaban J connectivity index is 1.03. The van der Waals surface area contributed by atoms with E-state index in [9.17, 15) is 5.11 Å². The summed E-state index contributed by atoms with van der Waals surface area (Å²) in [6.45, 7) is 10.0. The number of ether oxygens (including phenoxy) is 1. The van der Waals surface area contributed by atoms with Crippen molar-refractivity contribution in [2.45, 2.75) is 26.0 Å². The molecule has 1 N–H and O–H groups in total. The molecule has 3 atom stereocenters. The molecule has 0 spiro atoms. The molecule has 36 heavy (non-hydrogen) atoms. The first-order chi connectivity index (χ1) is 17.7. The van der Waals surface area contributed by atoms with Crippen molar-refractivity contribution in [3.05, 3.63) is 65.9 Å². The standard InChI is InChI=1S/C29H36N4O3/c1-21(15-22-5-3-2-4-6-22)18-31-9-11-32(12-10-31)19-28-25-20-35-27-17-26-23(7-8-33(26)13-14-34)16-24(27)29(25)30-36-28/h2-8,16-17,21,25,28,34H,9-15,18-20H2,1H3. The van der Waals surface area contributed by atoms with Gasteiger partial charge in [0, 0.05) is 69.0 Å². The van der Waals surface area contributed by atoms with Gasteiger partial charge < -0.3 is 24.1 Å². The van der Waals surface area contributed by atoms with Crippen molar-refractivity contribution in [1.29, 1.82) is 0 Å². The number of fused-ring (bicyclic) bond motifs is 4. The summed E-state index contributed by atoms with van der Waals surface area (Å²) in [6, 6.07) is 17.1. The second-order valence-corrected chi connectivity index (χ2v) is 10.6. The molecule has 0 saturated carbocycles. The van der Waals surface area contributed by atoms with Crippen molar-refractivity contribution in [2.24, 2.45) is 17.0 Å². The van der Waals surface area contributed by atoms with Crippen molar-refractivity contribution in [3.8, 4) is 5.75 Å². The molecule has 0 aliphatic carbocycles. The fourth-order valence-corrected chi connectivity index (χ4v) is 5.99. The van der Waals surface area contributed by atoms with Gasteiger partial charge in [-0.05, 0) is 30.0 Å². The predicted octanol–water partition coefficient (Wildman–Crippen LogP) is 3.24. The Morgan fingerprint density at radius 1 is 1.06 bits per heavy atom. The van der Waals surface area contributed by atoms with E-state index < -0.39 is 0 Å². The lowest BCUT2D eigenvalue weighted by atomic mass is 9.89. The van der Waals surface area contributed by atoms with Gasteiger partial charge in [0.1, 0.15) is 18.1 Å². The van der Waals surface area contributed by atoms with Crippen LogP contribution in [0.2, 0.25) is 0 Å². The van der Waals surface area contributed by atoms with Gasteiger partial charge in [-0.25, -0.2) is 0 Å². The van der Waals surface area contributed by atoms with Crippen LogP contribution in [-0.4, -0.2) is 83.8 Å². The molecule has 0 bridgehead atoms. The number of nitrogens with zero attached hydrogens (tertiary/aromatic N) is 4. The number of oxime groups is 1. The molecule has 1 fully saturated rings. The predicted molar refractivity (Wildman–Crippen MR) is 142 cm³/mol. The van der Waals surface area contributed by atoms with Crippen molar-refractivity contribution in [2.75, 3.05) is 52.5 Å². The summed E-state index contributed by atoms with van der Waals surface area (Å²) in [5.41, 5.74) is 4.57. The second-order valence-electron chi connectivity index (χ2n) is 10.6. The molecule has 6 rings (SSSR count). The highest BCUT2D eigenvalue weighted by Crippen LogP contribution is 2.37. The Morgan fingerprint density at radius 2 is 1.86 bits per heavy atom. The Bertz CT molecular complexity index is 1220. The van der Waals surface area contributed by atoms with Crippen LogP contribution < -0.4 is 4.74 Å². The van der Waals surface area contributed by atoms with Crippen molar-refractivity contribution in [1.82, 2.24) is 14.4 Å². The molecule has 3 aliphatic rings. The van der Waals surface area contributed by atoms with Crippen LogP contribution >= 0.6 is 0 Å². The van der Waals surface area contributed by atoms with Gasteiger partial charge in [-0.2, -0.15) is 0 Å². The van der Waals surface area contributed by atoms with Gasteiger partial charge in [0.2, 0.25) is 0 Å². The Labute approximate surface area is 212 Å². The summed E-state index contributed by atoms with van der Waals surface area (Å²) in [5.74, 6) is 1.68. The highest BCUT2D eigenvalue weighted by Gasteiger charge is 2.41. The summed E-state index contributed by atoms with van der Waals surface area (Å²) in [4.78, 5) is 11.1. The summed E-state index contributed by atoms with van der Waals surface area (Å²) >= 11 is 0. The molecule has 1 aromatic heterocycles. The number of benzene rings is 2. The van der Waals surface area contributed by atoms with Crippen molar-refractivity contribution >= 4 is 16.6 Å². The zero-order valence-electron chi connectivity index (χ0n) is 21.1. The summed E-state index contributed by atoms with van der Waals surface area (Å²) in [7, 11) is 0. The monoisotopic (exact) mass is 488 g/mol. The van der Waals surface area contributed by atoms with Gasteiger partial charge in [-0.15, -0.1) is 0 Å². The molecule has 4 heterocycles. The first-order valence-electron chi connectivity index (χ1n) is 13.3. The number of hydrogen-bond acceptors (Lipinski definition) is 6. The molecule has 3 unspecified atom stereocenters. The third-order valence-corrected chi connectivity index (χ3v) is 7.89. The summed E-state index contributed by atoms with van der Waals surface area (Å²) in [6.07, 6.45) is 3.19. The maximum Gasteiger partial charge on any atom is 0.151 e. The van der Waals surface area contributed by atoms with Crippen LogP contribution in [0, 0.1) is 11.8 Å². The van der Waals surface area contributed by atoms with E-state index in [4.69, 9.17) is 9.57 Å². The number of aromatic nitrogens is 1. The molecule has 7 nitrogen and oxygen atoms in total. The van der Waals surface area contributed by atoms with E-state index in [1.54, 1.807) is 0 Å². The first-order valence-corrected chi connectivity index (χ1v) is 13.3. The molecule has 7 heteroatoms. The summed E-state index contributed by atoms with van der Waals surface area (Å²) in [5, 5.41) is 15.0. The Morgan fingerprint density at radius 3 is 2.67 bits per heavy atom.